The van der Waals surface area contributed by atoms with Crippen molar-refractivity contribution in [3.8, 4) is 33.4 Å². The van der Waals surface area contributed by atoms with E-state index in [1.807, 2.05) is 0 Å². The number of anilines is 5. The topological polar surface area (TPSA) is 6.48 Å². The number of aryl methyl sites for hydroxylation is 3. The molecule has 0 N–H and O–H groups in total. The minimum atomic E-state index is -0.0993. The summed E-state index contributed by atoms with van der Waals surface area (Å²) in [5.41, 5.74) is 20.0. The number of benzene rings is 8. The first-order chi connectivity index (χ1) is 29.2. The summed E-state index contributed by atoms with van der Waals surface area (Å²) in [4.78, 5) is 4.62. The van der Waals surface area contributed by atoms with Gasteiger partial charge in [0.25, 0.3) is 0 Å². The van der Waals surface area contributed by atoms with E-state index in [1.165, 1.54) is 79.0 Å². The molecular weight excluding hydrogens is 725 g/mol. The molecule has 1 aliphatic carbocycles. The number of hydrogen-bond donors (Lipinski definition) is 0. The van der Waals surface area contributed by atoms with Crippen LogP contribution in [0.4, 0.5) is 28.4 Å². The molecule has 2 heteroatoms. The Morgan fingerprint density at radius 3 is 1.23 bits per heavy atom. The Labute approximate surface area is 357 Å². The van der Waals surface area contributed by atoms with E-state index < -0.39 is 0 Å². The zero-order chi connectivity index (χ0) is 41.2. The Morgan fingerprint density at radius 1 is 0.433 bits per heavy atom. The van der Waals surface area contributed by atoms with Crippen molar-refractivity contribution in [1.82, 2.24) is 0 Å². The van der Waals surface area contributed by atoms with Crippen LogP contribution < -0.4 is 9.80 Å². The van der Waals surface area contributed by atoms with E-state index in [2.05, 4.69) is 239 Å². The molecule has 0 saturated heterocycles. The summed E-state index contributed by atoms with van der Waals surface area (Å²) in [5, 5.41) is 0. The quantitative estimate of drug-likeness (QED) is 0.122. The number of fused-ring (bicyclic) bond motifs is 1. The van der Waals surface area contributed by atoms with Gasteiger partial charge in [-0.25, -0.2) is 0 Å². The van der Waals surface area contributed by atoms with Crippen LogP contribution in [0.3, 0.4) is 0 Å². The van der Waals surface area contributed by atoms with Gasteiger partial charge in [-0.05, 0) is 148 Å². The van der Waals surface area contributed by atoms with E-state index in [0.717, 1.165) is 29.9 Å². The molecule has 8 aromatic rings. The zero-order valence-electron chi connectivity index (χ0n) is 35.6. The molecule has 8 aromatic carbocycles. The largest absolute Gasteiger partial charge is 0.345 e. The SMILES string of the molecule is Cc1ccc(-c2ccc(C(C)(CC(C)C)c3ccc(-c4ccc(N(c5ccc(-c6ccc(N(C)c7ccccc7)cc6)cc5)c5ccc6c(c5)CC6)cc4)cc3)cc2)cc1. The Balaban J connectivity index is 0.966. The van der Waals surface area contributed by atoms with E-state index in [1.54, 1.807) is 0 Å². The lowest BCUT2D eigenvalue weighted by Gasteiger charge is -2.33. The maximum atomic E-state index is 2.41. The first-order valence-electron chi connectivity index (χ1n) is 21.5. The van der Waals surface area contributed by atoms with Gasteiger partial charge in [-0.3, -0.25) is 0 Å². The van der Waals surface area contributed by atoms with Crippen molar-refractivity contribution in [2.45, 2.75) is 52.4 Å². The predicted molar refractivity (Wildman–Crippen MR) is 256 cm³/mol. The van der Waals surface area contributed by atoms with E-state index >= 15 is 0 Å². The second kappa shape index (κ2) is 16.5. The average Bonchev–Trinajstić information content (AvgIpc) is 3.28. The van der Waals surface area contributed by atoms with Gasteiger partial charge in [0.2, 0.25) is 0 Å². The van der Waals surface area contributed by atoms with Crippen LogP contribution >= 0.6 is 0 Å². The van der Waals surface area contributed by atoms with E-state index in [9.17, 15) is 0 Å². The molecule has 0 saturated carbocycles. The summed E-state index contributed by atoms with van der Waals surface area (Å²) in [5.74, 6) is 0.554. The highest BCUT2D eigenvalue weighted by atomic mass is 15.1. The van der Waals surface area contributed by atoms with Gasteiger partial charge >= 0.3 is 0 Å². The van der Waals surface area contributed by atoms with Gasteiger partial charge in [0.05, 0.1) is 0 Å². The van der Waals surface area contributed by atoms with Gasteiger partial charge in [0.1, 0.15) is 0 Å². The Hall–Kier alpha value is -6.64. The smallest absolute Gasteiger partial charge is 0.0464 e. The molecule has 0 bridgehead atoms. The van der Waals surface area contributed by atoms with Crippen LogP contribution in [0.1, 0.15) is 55.0 Å². The van der Waals surface area contributed by atoms with Crippen LogP contribution in [-0.4, -0.2) is 7.05 Å². The molecule has 1 unspecified atom stereocenters. The van der Waals surface area contributed by atoms with Crippen LogP contribution in [0.2, 0.25) is 0 Å². The Bertz CT molecular complexity index is 2680. The van der Waals surface area contributed by atoms with E-state index in [-0.39, 0.29) is 5.41 Å². The molecule has 9 rings (SSSR count). The fourth-order valence-corrected chi connectivity index (χ4v) is 9.08. The average molecular weight is 779 g/mol. The van der Waals surface area contributed by atoms with Crippen LogP contribution in [0.25, 0.3) is 33.4 Å². The van der Waals surface area contributed by atoms with Crippen LogP contribution in [0.5, 0.6) is 0 Å². The number of para-hydroxylation sites is 1. The lowest BCUT2D eigenvalue weighted by Crippen LogP contribution is -2.25. The first kappa shape index (κ1) is 38.9. The summed E-state index contributed by atoms with van der Waals surface area (Å²) >= 11 is 0. The molecule has 296 valence electrons. The minimum absolute atomic E-state index is 0.0993. The molecular formula is C58H54N2. The molecule has 1 aliphatic rings. The third-order valence-corrected chi connectivity index (χ3v) is 12.7. The summed E-state index contributed by atoms with van der Waals surface area (Å²) in [6.07, 6.45) is 3.40. The zero-order valence-corrected chi connectivity index (χ0v) is 35.6. The summed E-state index contributed by atoms with van der Waals surface area (Å²) in [6.45, 7) is 9.22. The molecule has 2 nitrogen and oxygen atoms in total. The number of hydrogen-bond acceptors (Lipinski definition) is 2. The summed E-state index contributed by atoms with van der Waals surface area (Å²) in [7, 11) is 2.12. The van der Waals surface area contributed by atoms with E-state index in [0.29, 0.717) is 5.92 Å². The fraction of sp³-hybridized carbons (Fsp3) is 0.172. The van der Waals surface area contributed by atoms with Crippen molar-refractivity contribution in [3.63, 3.8) is 0 Å². The molecule has 1 atom stereocenters. The summed E-state index contributed by atoms with van der Waals surface area (Å²) in [6, 6.07) is 71.8. The van der Waals surface area contributed by atoms with Crippen LogP contribution in [-0.2, 0) is 18.3 Å². The van der Waals surface area contributed by atoms with Crippen molar-refractivity contribution in [2.24, 2.45) is 5.92 Å². The predicted octanol–water partition coefficient (Wildman–Crippen LogP) is 15.7. The highest BCUT2D eigenvalue weighted by Crippen LogP contribution is 2.42. The normalized spacial score (nSPS) is 13.0. The van der Waals surface area contributed by atoms with Crippen molar-refractivity contribution in [1.29, 1.82) is 0 Å². The maximum absolute atomic E-state index is 2.41. The third kappa shape index (κ3) is 7.91. The fourth-order valence-electron chi connectivity index (χ4n) is 9.08. The van der Waals surface area contributed by atoms with E-state index in [4.69, 9.17) is 0 Å². The van der Waals surface area contributed by atoms with Crippen molar-refractivity contribution in [3.05, 3.63) is 222 Å². The standard InChI is InChI=1S/C58H54N2/c1-41(2)40-58(4,51-28-17-44(18-29-51)43-13-11-42(3)12-14-43)52-30-19-45(20-31-52)47-23-34-55(35-24-47)60(57-38-27-49-15-16-50(49)39-57)56-36-25-48(26-37-56)46-21-32-54(33-22-46)59(5)53-9-7-6-8-10-53/h6-14,17-39,41H,15-16,40H2,1-5H3. The molecule has 0 radical (unpaired) electrons. The van der Waals surface area contributed by atoms with Gasteiger partial charge in [-0.2, -0.15) is 0 Å². The first-order valence-corrected chi connectivity index (χ1v) is 21.5. The number of rotatable bonds is 12. The molecule has 0 heterocycles. The molecule has 0 aliphatic heterocycles. The molecule has 0 fully saturated rings. The highest BCUT2D eigenvalue weighted by Gasteiger charge is 2.30. The van der Waals surface area contributed by atoms with Crippen molar-refractivity contribution < 1.29 is 0 Å². The van der Waals surface area contributed by atoms with Gasteiger partial charge in [0.15, 0.2) is 0 Å². The van der Waals surface area contributed by atoms with Crippen LogP contribution in [0.15, 0.2) is 194 Å². The Kier molecular flexibility index (Phi) is 10.7. The highest BCUT2D eigenvalue weighted by molar-refractivity contribution is 5.81. The second-order valence-electron chi connectivity index (χ2n) is 17.3. The molecule has 0 amide bonds. The summed E-state index contributed by atoms with van der Waals surface area (Å²) < 4.78 is 0. The second-order valence-corrected chi connectivity index (χ2v) is 17.3. The Morgan fingerprint density at radius 2 is 0.817 bits per heavy atom. The monoisotopic (exact) mass is 778 g/mol. The molecule has 0 spiro atoms. The minimum Gasteiger partial charge on any atom is -0.345 e. The van der Waals surface area contributed by atoms with Gasteiger partial charge in [-0.15, -0.1) is 0 Å². The molecule has 60 heavy (non-hydrogen) atoms. The van der Waals surface area contributed by atoms with Crippen molar-refractivity contribution in [2.75, 3.05) is 16.8 Å². The van der Waals surface area contributed by atoms with Crippen LogP contribution in [0, 0.1) is 12.8 Å². The lowest BCUT2D eigenvalue weighted by atomic mass is 9.70. The van der Waals surface area contributed by atoms with Gasteiger partial charge < -0.3 is 9.80 Å². The van der Waals surface area contributed by atoms with Gasteiger partial charge in [-0.1, -0.05) is 160 Å². The maximum Gasteiger partial charge on any atom is 0.0464 e. The van der Waals surface area contributed by atoms with Crippen molar-refractivity contribution >= 4 is 28.4 Å². The third-order valence-electron chi connectivity index (χ3n) is 12.7. The molecule has 0 aromatic heterocycles. The van der Waals surface area contributed by atoms with Gasteiger partial charge in [0, 0.05) is 40.9 Å². The lowest BCUT2D eigenvalue weighted by molar-refractivity contribution is 0.427. The number of nitrogens with zero attached hydrogens (tertiary/aromatic N) is 2.